The second-order valence-electron chi connectivity index (χ2n) is 9.43. The lowest BCUT2D eigenvalue weighted by molar-refractivity contribution is 0.669. The summed E-state index contributed by atoms with van der Waals surface area (Å²) in [7, 11) is 0. The summed E-state index contributed by atoms with van der Waals surface area (Å²) < 4.78 is 8.56. The third-order valence-electron chi connectivity index (χ3n) is 7.36. The van der Waals surface area contributed by atoms with Crippen LogP contribution in [0.15, 0.2) is 132 Å². The molecule has 0 N–H and O–H groups in total. The van der Waals surface area contributed by atoms with Crippen LogP contribution in [0.1, 0.15) is 0 Å². The van der Waals surface area contributed by atoms with E-state index in [2.05, 4.69) is 120 Å². The first kappa shape index (κ1) is 19.5. The zero-order valence-electron chi connectivity index (χ0n) is 19.5. The van der Waals surface area contributed by atoms with Gasteiger partial charge in [-0.15, -0.1) is 0 Å². The summed E-state index contributed by atoms with van der Waals surface area (Å²) in [6, 6.07) is 45.5. The molecule has 2 aromatic heterocycles. The summed E-state index contributed by atoms with van der Waals surface area (Å²) in [5.41, 5.74) is 7.90. The highest BCUT2D eigenvalue weighted by Crippen LogP contribution is 2.38. The Hall–Kier alpha value is -4.82. The van der Waals surface area contributed by atoms with Gasteiger partial charge in [-0.25, -0.2) is 0 Å². The Labute approximate surface area is 207 Å². The van der Waals surface area contributed by atoms with Gasteiger partial charge in [0.2, 0.25) is 0 Å². The fraction of sp³-hybridized carbons (Fsp3) is 0. The number of hydrogen-bond donors (Lipinski definition) is 0. The first-order valence-electron chi connectivity index (χ1n) is 12.3. The van der Waals surface area contributed by atoms with E-state index in [0.717, 1.165) is 27.6 Å². The Kier molecular flexibility index (Phi) is 3.97. The Bertz CT molecular complexity index is 2080. The van der Waals surface area contributed by atoms with Crippen LogP contribution in [-0.4, -0.2) is 4.57 Å². The van der Waals surface area contributed by atoms with Crippen molar-refractivity contribution in [3.63, 3.8) is 0 Å². The number of hydrogen-bond acceptors (Lipinski definition) is 1. The summed E-state index contributed by atoms with van der Waals surface area (Å²) in [4.78, 5) is 0. The molecule has 2 heterocycles. The average molecular weight is 460 g/mol. The number of aromatic nitrogens is 1. The van der Waals surface area contributed by atoms with Gasteiger partial charge in [-0.05, 0) is 70.4 Å². The molecule has 6 aromatic carbocycles. The predicted octanol–water partition coefficient (Wildman–Crippen LogP) is 9.50. The van der Waals surface area contributed by atoms with Crippen LogP contribution in [0.2, 0.25) is 0 Å². The average Bonchev–Trinajstić information content (AvgIpc) is 3.46. The van der Waals surface area contributed by atoms with Crippen molar-refractivity contribution in [3.05, 3.63) is 127 Å². The minimum Gasteiger partial charge on any atom is -0.456 e. The fourth-order valence-electron chi connectivity index (χ4n) is 5.65. The van der Waals surface area contributed by atoms with E-state index in [9.17, 15) is 0 Å². The molecule has 36 heavy (non-hydrogen) atoms. The Morgan fingerprint density at radius 3 is 1.94 bits per heavy atom. The molecule has 0 aliphatic rings. The molecule has 8 aromatic rings. The molecule has 0 saturated heterocycles. The van der Waals surface area contributed by atoms with Crippen LogP contribution in [0.5, 0.6) is 0 Å². The van der Waals surface area contributed by atoms with Gasteiger partial charge in [-0.3, -0.25) is 0 Å². The standard InChI is InChI=1S/C34H21NO/c1-2-8-22(9-3-1)23-14-16-26(17-15-23)35-31-12-6-4-10-27(31)29-18-25-21-34-30(19-24(25)20-32(29)35)28-11-5-7-13-33(28)36-34/h1-21H. The largest absolute Gasteiger partial charge is 0.456 e. The lowest BCUT2D eigenvalue weighted by atomic mass is 10.0. The molecule has 8 rings (SSSR count). The maximum Gasteiger partial charge on any atom is 0.136 e. The van der Waals surface area contributed by atoms with E-state index in [-0.39, 0.29) is 0 Å². The molecule has 0 amide bonds. The topological polar surface area (TPSA) is 18.1 Å². The molecular formula is C34H21NO. The van der Waals surface area contributed by atoms with E-state index >= 15 is 0 Å². The highest BCUT2D eigenvalue weighted by Gasteiger charge is 2.15. The molecule has 0 saturated carbocycles. The van der Waals surface area contributed by atoms with Gasteiger partial charge >= 0.3 is 0 Å². The SMILES string of the molecule is c1ccc(-c2ccc(-n3c4ccccc4c4cc5cc6oc7ccccc7c6cc5cc43)cc2)cc1. The van der Waals surface area contributed by atoms with Crippen molar-refractivity contribution in [2.45, 2.75) is 0 Å². The van der Waals surface area contributed by atoms with Gasteiger partial charge in [-0.1, -0.05) is 78.9 Å². The lowest BCUT2D eigenvalue weighted by Crippen LogP contribution is -1.93. The molecule has 0 spiro atoms. The first-order valence-corrected chi connectivity index (χ1v) is 12.3. The molecule has 0 bridgehead atoms. The zero-order valence-corrected chi connectivity index (χ0v) is 19.5. The van der Waals surface area contributed by atoms with Gasteiger partial charge in [-0.2, -0.15) is 0 Å². The molecule has 2 nitrogen and oxygen atoms in total. The van der Waals surface area contributed by atoms with Crippen molar-refractivity contribution < 1.29 is 4.42 Å². The Morgan fingerprint density at radius 2 is 1.08 bits per heavy atom. The third kappa shape index (κ3) is 2.79. The number of fused-ring (bicyclic) bond motifs is 7. The highest BCUT2D eigenvalue weighted by atomic mass is 16.3. The number of para-hydroxylation sites is 2. The summed E-state index contributed by atoms with van der Waals surface area (Å²) in [6.07, 6.45) is 0. The van der Waals surface area contributed by atoms with Crippen LogP contribution < -0.4 is 0 Å². The van der Waals surface area contributed by atoms with Crippen molar-refractivity contribution in [1.82, 2.24) is 4.57 Å². The normalized spacial score (nSPS) is 11.9. The van der Waals surface area contributed by atoms with Gasteiger partial charge in [0.1, 0.15) is 11.2 Å². The van der Waals surface area contributed by atoms with Crippen LogP contribution in [0.25, 0.3) is 71.3 Å². The maximum atomic E-state index is 6.18. The van der Waals surface area contributed by atoms with Gasteiger partial charge in [0.15, 0.2) is 0 Å². The minimum absolute atomic E-state index is 0.931. The Morgan fingerprint density at radius 1 is 0.417 bits per heavy atom. The van der Waals surface area contributed by atoms with Crippen molar-refractivity contribution in [3.8, 4) is 16.8 Å². The lowest BCUT2D eigenvalue weighted by Gasteiger charge is -2.10. The van der Waals surface area contributed by atoms with Crippen LogP contribution in [-0.2, 0) is 0 Å². The minimum atomic E-state index is 0.931. The number of benzene rings is 6. The van der Waals surface area contributed by atoms with Crippen molar-refractivity contribution in [2.24, 2.45) is 0 Å². The molecule has 2 heteroatoms. The molecule has 0 unspecified atom stereocenters. The van der Waals surface area contributed by atoms with Crippen molar-refractivity contribution in [2.75, 3.05) is 0 Å². The molecular weight excluding hydrogens is 438 g/mol. The maximum absolute atomic E-state index is 6.18. The Balaban J connectivity index is 1.40. The van der Waals surface area contributed by atoms with E-state index in [1.807, 2.05) is 12.1 Å². The van der Waals surface area contributed by atoms with Crippen molar-refractivity contribution in [1.29, 1.82) is 0 Å². The second-order valence-corrected chi connectivity index (χ2v) is 9.43. The van der Waals surface area contributed by atoms with E-state index < -0.39 is 0 Å². The smallest absolute Gasteiger partial charge is 0.136 e. The van der Waals surface area contributed by atoms with Gasteiger partial charge in [0.25, 0.3) is 0 Å². The predicted molar refractivity (Wildman–Crippen MR) is 151 cm³/mol. The molecule has 0 atom stereocenters. The molecule has 168 valence electrons. The van der Waals surface area contributed by atoms with Crippen LogP contribution in [0, 0.1) is 0 Å². The van der Waals surface area contributed by atoms with E-state index in [0.29, 0.717) is 0 Å². The van der Waals surface area contributed by atoms with Crippen LogP contribution in [0.4, 0.5) is 0 Å². The van der Waals surface area contributed by atoms with E-state index in [4.69, 9.17) is 4.42 Å². The third-order valence-corrected chi connectivity index (χ3v) is 7.36. The summed E-state index contributed by atoms with van der Waals surface area (Å²) in [6.45, 7) is 0. The van der Waals surface area contributed by atoms with E-state index in [1.54, 1.807) is 0 Å². The van der Waals surface area contributed by atoms with Crippen LogP contribution >= 0.6 is 0 Å². The monoisotopic (exact) mass is 459 g/mol. The summed E-state index contributed by atoms with van der Waals surface area (Å²) in [5, 5.41) is 7.23. The molecule has 0 radical (unpaired) electrons. The first-order chi connectivity index (χ1) is 17.8. The van der Waals surface area contributed by atoms with Gasteiger partial charge in [0, 0.05) is 27.2 Å². The zero-order chi connectivity index (χ0) is 23.6. The molecule has 0 aliphatic carbocycles. The fourth-order valence-corrected chi connectivity index (χ4v) is 5.65. The number of rotatable bonds is 2. The summed E-state index contributed by atoms with van der Waals surface area (Å²) >= 11 is 0. The quantitative estimate of drug-likeness (QED) is 0.252. The van der Waals surface area contributed by atoms with Gasteiger partial charge < -0.3 is 8.98 Å². The van der Waals surface area contributed by atoms with Crippen LogP contribution in [0.3, 0.4) is 0 Å². The number of furan rings is 1. The van der Waals surface area contributed by atoms with Gasteiger partial charge in [0.05, 0.1) is 11.0 Å². The van der Waals surface area contributed by atoms with E-state index in [1.165, 1.54) is 43.7 Å². The number of nitrogens with zero attached hydrogens (tertiary/aromatic N) is 1. The second kappa shape index (κ2) is 7.34. The molecule has 0 aliphatic heterocycles. The van der Waals surface area contributed by atoms with Crippen molar-refractivity contribution >= 4 is 54.5 Å². The molecule has 0 fully saturated rings. The summed E-state index contributed by atoms with van der Waals surface area (Å²) in [5.74, 6) is 0. The highest BCUT2D eigenvalue weighted by molar-refractivity contribution is 6.16.